The second-order valence-corrected chi connectivity index (χ2v) is 4.86. The molecule has 1 saturated heterocycles. The number of hydrogen-bond acceptors (Lipinski definition) is 5. The summed E-state index contributed by atoms with van der Waals surface area (Å²) in [5, 5.41) is 0. The first-order valence-electron chi connectivity index (χ1n) is 6.60. The van der Waals surface area contributed by atoms with E-state index in [4.69, 9.17) is 14.2 Å². The van der Waals surface area contributed by atoms with Crippen molar-refractivity contribution in [2.75, 3.05) is 39.3 Å². The summed E-state index contributed by atoms with van der Waals surface area (Å²) in [7, 11) is 4.93. The van der Waals surface area contributed by atoms with E-state index >= 15 is 0 Å². The number of benzene rings is 1. The van der Waals surface area contributed by atoms with E-state index in [0.29, 0.717) is 24.4 Å². The molecule has 5 heteroatoms. The minimum absolute atomic E-state index is 0.00556. The lowest BCUT2D eigenvalue weighted by Gasteiger charge is -2.22. The van der Waals surface area contributed by atoms with Gasteiger partial charge in [0, 0.05) is 27.3 Å². The number of methoxy groups -OCH3 is 3. The highest BCUT2D eigenvalue weighted by Crippen LogP contribution is 2.32. The minimum atomic E-state index is -0.00714. The average Bonchev–Trinajstić information content (AvgIpc) is 2.89. The molecule has 5 nitrogen and oxygen atoms in total. The van der Waals surface area contributed by atoms with Gasteiger partial charge in [-0.3, -0.25) is 4.79 Å². The van der Waals surface area contributed by atoms with Crippen LogP contribution in [0.15, 0.2) is 18.2 Å². The predicted molar refractivity (Wildman–Crippen MR) is 76.8 cm³/mol. The van der Waals surface area contributed by atoms with E-state index in [-0.39, 0.29) is 18.0 Å². The molecule has 2 atom stereocenters. The third-order valence-electron chi connectivity index (χ3n) is 3.74. The Bertz CT molecular complexity index is 477. The molecule has 1 aliphatic rings. The van der Waals surface area contributed by atoms with Gasteiger partial charge in [-0.2, -0.15) is 0 Å². The van der Waals surface area contributed by atoms with E-state index in [1.807, 2.05) is 12.1 Å². The highest BCUT2D eigenvalue weighted by molar-refractivity contribution is 6.02. The summed E-state index contributed by atoms with van der Waals surface area (Å²) in [6, 6.07) is 5.63. The van der Waals surface area contributed by atoms with Crippen molar-refractivity contribution in [1.82, 2.24) is 0 Å². The highest BCUT2D eigenvalue weighted by Gasteiger charge is 2.34. The molecule has 0 N–H and O–H groups in total. The van der Waals surface area contributed by atoms with E-state index < -0.39 is 0 Å². The van der Waals surface area contributed by atoms with Crippen molar-refractivity contribution in [3.8, 4) is 5.75 Å². The van der Waals surface area contributed by atoms with Crippen LogP contribution in [0.3, 0.4) is 0 Å². The molecular weight excluding hydrogens is 258 g/mol. The number of carbonyl (C=O) groups excluding carboxylic acids is 1. The molecule has 0 bridgehead atoms. The predicted octanol–water partition coefficient (Wildman–Crippen LogP) is 1.75. The van der Waals surface area contributed by atoms with E-state index in [9.17, 15) is 4.79 Å². The fourth-order valence-electron chi connectivity index (χ4n) is 2.70. The van der Waals surface area contributed by atoms with Gasteiger partial charge < -0.3 is 19.1 Å². The maximum absolute atomic E-state index is 11.9. The topological polar surface area (TPSA) is 48.0 Å². The lowest BCUT2D eigenvalue weighted by Crippen LogP contribution is -2.27. The zero-order valence-electron chi connectivity index (χ0n) is 12.4. The number of nitrogens with zero attached hydrogens (tertiary/aromatic N) is 1. The van der Waals surface area contributed by atoms with Crippen LogP contribution in [0.2, 0.25) is 0 Å². The standard InChI is InChI=1S/C15H21NO4/c1-10(17)15-11(6-5-7-12(15)18-2)16-8-13(19-3)14(9-16)20-4/h5-7,13-14H,8-9H2,1-4H3. The number of hydrogen-bond donors (Lipinski definition) is 0. The third kappa shape index (κ3) is 2.64. The Morgan fingerprint density at radius 1 is 1.15 bits per heavy atom. The van der Waals surface area contributed by atoms with Crippen molar-refractivity contribution in [2.24, 2.45) is 0 Å². The number of Topliss-reactive ketones (excluding diaryl/α,β-unsaturated/α-hetero) is 1. The minimum Gasteiger partial charge on any atom is -0.496 e. The Balaban J connectivity index is 2.36. The number of anilines is 1. The van der Waals surface area contributed by atoms with Gasteiger partial charge >= 0.3 is 0 Å². The first-order valence-corrected chi connectivity index (χ1v) is 6.60. The molecule has 0 aromatic heterocycles. The van der Waals surface area contributed by atoms with Crippen molar-refractivity contribution in [3.63, 3.8) is 0 Å². The maximum atomic E-state index is 11.9. The van der Waals surface area contributed by atoms with Crippen LogP contribution in [0.5, 0.6) is 5.75 Å². The normalized spacial score (nSPS) is 22.1. The van der Waals surface area contributed by atoms with E-state index in [2.05, 4.69) is 4.90 Å². The summed E-state index contributed by atoms with van der Waals surface area (Å²) in [6.07, 6.45) is 0.0111. The maximum Gasteiger partial charge on any atom is 0.165 e. The molecule has 1 aromatic rings. The number of ether oxygens (including phenoxy) is 3. The van der Waals surface area contributed by atoms with Crippen molar-refractivity contribution in [2.45, 2.75) is 19.1 Å². The number of carbonyl (C=O) groups is 1. The fraction of sp³-hybridized carbons (Fsp3) is 0.533. The Hall–Kier alpha value is -1.59. The molecule has 20 heavy (non-hydrogen) atoms. The molecule has 2 rings (SSSR count). The zero-order valence-corrected chi connectivity index (χ0v) is 12.4. The van der Waals surface area contributed by atoms with Crippen LogP contribution in [0.1, 0.15) is 17.3 Å². The molecular formula is C15H21NO4. The molecule has 1 heterocycles. The van der Waals surface area contributed by atoms with Gasteiger partial charge in [0.15, 0.2) is 5.78 Å². The summed E-state index contributed by atoms with van der Waals surface area (Å²) < 4.78 is 16.2. The Morgan fingerprint density at radius 2 is 1.75 bits per heavy atom. The molecule has 1 aliphatic heterocycles. The second-order valence-electron chi connectivity index (χ2n) is 4.86. The molecule has 0 spiro atoms. The molecule has 0 radical (unpaired) electrons. The first kappa shape index (κ1) is 14.8. The van der Waals surface area contributed by atoms with Crippen LogP contribution in [-0.4, -0.2) is 52.4 Å². The fourth-order valence-corrected chi connectivity index (χ4v) is 2.70. The molecule has 110 valence electrons. The van der Waals surface area contributed by atoms with Crippen molar-refractivity contribution < 1.29 is 19.0 Å². The zero-order chi connectivity index (χ0) is 14.7. The second kappa shape index (κ2) is 6.24. The molecule has 1 fully saturated rings. The van der Waals surface area contributed by atoms with Crippen LogP contribution >= 0.6 is 0 Å². The van der Waals surface area contributed by atoms with Crippen molar-refractivity contribution in [3.05, 3.63) is 23.8 Å². The van der Waals surface area contributed by atoms with Crippen molar-refractivity contribution in [1.29, 1.82) is 0 Å². The monoisotopic (exact) mass is 279 g/mol. The van der Waals surface area contributed by atoms with Gasteiger partial charge in [-0.25, -0.2) is 0 Å². The summed E-state index contributed by atoms with van der Waals surface area (Å²) in [5.41, 5.74) is 1.49. The Kier molecular flexibility index (Phi) is 4.62. The van der Waals surface area contributed by atoms with Gasteiger partial charge in [-0.05, 0) is 19.1 Å². The quantitative estimate of drug-likeness (QED) is 0.768. The van der Waals surface area contributed by atoms with Crippen LogP contribution < -0.4 is 9.64 Å². The molecule has 1 aromatic carbocycles. The van der Waals surface area contributed by atoms with Crippen LogP contribution in [-0.2, 0) is 9.47 Å². The van der Waals surface area contributed by atoms with Crippen LogP contribution in [0, 0.1) is 0 Å². The van der Waals surface area contributed by atoms with Crippen LogP contribution in [0.4, 0.5) is 5.69 Å². The molecule has 0 saturated carbocycles. The highest BCUT2D eigenvalue weighted by atomic mass is 16.5. The molecule has 0 aliphatic carbocycles. The van der Waals surface area contributed by atoms with Crippen LogP contribution in [0.25, 0.3) is 0 Å². The molecule has 0 amide bonds. The van der Waals surface area contributed by atoms with Gasteiger partial charge in [0.2, 0.25) is 0 Å². The Labute approximate surface area is 119 Å². The number of ketones is 1. The van der Waals surface area contributed by atoms with Gasteiger partial charge in [-0.1, -0.05) is 6.07 Å². The van der Waals surface area contributed by atoms with Gasteiger partial charge in [0.1, 0.15) is 18.0 Å². The van der Waals surface area contributed by atoms with Crippen molar-refractivity contribution >= 4 is 11.5 Å². The lowest BCUT2D eigenvalue weighted by atomic mass is 10.1. The SMILES string of the molecule is COc1cccc(N2CC(OC)C(OC)C2)c1C(C)=O. The third-order valence-corrected chi connectivity index (χ3v) is 3.74. The van der Waals surface area contributed by atoms with Gasteiger partial charge in [0.05, 0.1) is 18.4 Å². The largest absolute Gasteiger partial charge is 0.496 e. The lowest BCUT2D eigenvalue weighted by molar-refractivity contribution is -0.00461. The average molecular weight is 279 g/mol. The Morgan fingerprint density at radius 3 is 2.20 bits per heavy atom. The number of rotatable bonds is 5. The first-order chi connectivity index (χ1) is 9.62. The van der Waals surface area contributed by atoms with E-state index in [1.54, 1.807) is 34.3 Å². The summed E-state index contributed by atoms with van der Waals surface area (Å²) in [4.78, 5) is 14.0. The van der Waals surface area contributed by atoms with Gasteiger partial charge in [-0.15, -0.1) is 0 Å². The molecule has 2 unspecified atom stereocenters. The summed E-state index contributed by atoms with van der Waals surface area (Å²) in [5.74, 6) is 0.595. The van der Waals surface area contributed by atoms with E-state index in [1.165, 1.54) is 0 Å². The van der Waals surface area contributed by atoms with Gasteiger partial charge in [0.25, 0.3) is 0 Å². The van der Waals surface area contributed by atoms with E-state index in [0.717, 1.165) is 5.69 Å². The summed E-state index contributed by atoms with van der Waals surface area (Å²) >= 11 is 0. The smallest absolute Gasteiger partial charge is 0.165 e. The summed E-state index contributed by atoms with van der Waals surface area (Å²) in [6.45, 7) is 2.95.